The van der Waals surface area contributed by atoms with Crippen molar-refractivity contribution in [2.75, 3.05) is 23.4 Å². The first kappa shape index (κ1) is 27.1. The van der Waals surface area contributed by atoms with Crippen LogP contribution in [0.1, 0.15) is 35.0 Å². The number of alkyl halides is 1. The predicted molar refractivity (Wildman–Crippen MR) is 156 cm³/mol. The number of aryl methyl sites for hydroxylation is 1. The fraction of sp³-hybridized carbons (Fsp3) is 0.241. The van der Waals surface area contributed by atoms with Crippen LogP contribution in [0.15, 0.2) is 78.8 Å². The number of nitrogens with two attached hydrogens (primary N) is 1. The Morgan fingerprint density at radius 2 is 2.18 bits per heavy atom. The van der Waals surface area contributed by atoms with Crippen molar-refractivity contribution in [2.45, 2.75) is 32.8 Å². The van der Waals surface area contributed by atoms with Gasteiger partial charge in [-0.15, -0.1) is 0 Å². The molecule has 1 aliphatic carbocycles. The molecule has 0 bridgehead atoms. The summed E-state index contributed by atoms with van der Waals surface area (Å²) in [4.78, 5) is 16.5. The minimum atomic E-state index is -0.514. The van der Waals surface area contributed by atoms with Gasteiger partial charge < -0.3 is 20.2 Å². The van der Waals surface area contributed by atoms with E-state index in [4.69, 9.17) is 10.5 Å². The molecule has 4 N–H and O–H groups in total. The third-order valence-corrected chi connectivity index (χ3v) is 6.65. The lowest BCUT2D eigenvalue weighted by atomic mass is 10.0. The van der Waals surface area contributed by atoms with Crippen molar-refractivity contribution in [3.8, 4) is 0 Å². The Balaban J connectivity index is 1.44. The van der Waals surface area contributed by atoms with Gasteiger partial charge >= 0.3 is 0 Å². The van der Waals surface area contributed by atoms with Gasteiger partial charge in [-0.25, -0.2) is 9.07 Å². The number of rotatable bonds is 11. The number of hydrogen-bond acceptors (Lipinski definition) is 6. The molecule has 1 aliphatic rings. The minimum Gasteiger partial charge on any atom is -0.487 e. The number of ether oxygens (including phenoxy) is 1. The van der Waals surface area contributed by atoms with E-state index < -0.39 is 6.67 Å². The number of carbonyl (C=O) groups is 1. The molecule has 0 amide bonds. The van der Waals surface area contributed by atoms with E-state index in [1.165, 1.54) is 12.3 Å². The monoisotopic (exact) mass is 533 g/mol. The minimum absolute atomic E-state index is 0.108. The van der Waals surface area contributed by atoms with Gasteiger partial charge in [-0.05, 0) is 55.3 Å². The quantitative estimate of drug-likeness (QED) is 0.112. The fourth-order valence-electron chi connectivity index (χ4n) is 4.38. The summed E-state index contributed by atoms with van der Waals surface area (Å²) in [6, 6.07) is 6.15. The van der Waals surface area contributed by atoms with Crippen LogP contribution >= 0.6 is 11.9 Å². The van der Waals surface area contributed by atoms with Crippen LogP contribution in [0.25, 0.3) is 16.6 Å². The molecule has 1 aromatic carbocycles. The van der Waals surface area contributed by atoms with E-state index in [0.29, 0.717) is 23.6 Å². The standard InChI is InChI=1S/C29H32FN5O2S/c1-18-13-26-21(15-25(18)34-38-4)14-22(33-26)16-28(36)24-17-32-35(29(24)31)27-10-9-23(12-19(27)2)37-20(3)8-6-5-7-11-30/h5-8,10,12-15,17,23,33-34H,3,9,11,16,31H2,1-2,4H3/b7-5-,8-6-. The van der Waals surface area contributed by atoms with Crippen molar-refractivity contribution in [1.29, 1.82) is 0 Å². The number of Topliss-reactive ketones (excluding diaryl/α,β-unsaturated/α-hetero) is 1. The summed E-state index contributed by atoms with van der Waals surface area (Å²) in [5, 5.41) is 5.46. The zero-order chi connectivity index (χ0) is 27.2. The first-order valence-electron chi connectivity index (χ1n) is 12.2. The van der Waals surface area contributed by atoms with Gasteiger partial charge in [-0.2, -0.15) is 5.10 Å². The average Bonchev–Trinajstić information content (AvgIpc) is 3.44. The van der Waals surface area contributed by atoms with Gasteiger partial charge in [0.2, 0.25) is 0 Å². The summed E-state index contributed by atoms with van der Waals surface area (Å²) in [6.45, 7) is 7.36. The molecule has 0 saturated carbocycles. The number of halogens is 1. The van der Waals surface area contributed by atoms with E-state index in [0.717, 1.165) is 39.1 Å². The van der Waals surface area contributed by atoms with Crippen molar-refractivity contribution in [2.24, 2.45) is 0 Å². The number of ketones is 1. The van der Waals surface area contributed by atoms with E-state index >= 15 is 0 Å². The highest BCUT2D eigenvalue weighted by Crippen LogP contribution is 2.29. The van der Waals surface area contributed by atoms with Gasteiger partial charge in [-0.3, -0.25) is 4.79 Å². The zero-order valence-electron chi connectivity index (χ0n) is 21.8. The van der Waals surface area contributed by atoms with Gasteiger partial charge in [-0.1, -0.05) is 42.8 Å². The van der Waals surface area contributed by atoms with Gasteiger partial charge in [0, 0.05) is 35.0 Å². The molecular formula is C29H32FN5O2S. The second kappa shape index (κ2) is 12.0. The molecule has 0 saturated heterocycles. The maximum atomic E-state index is 13.2. The molecule has 4 rings (SSSR count). The molecule has 1 unspecified atom stereocenters. The second-order valence-corrected chi connectivity index (χ2v) is 9.66. The van der Waals surface area contributed by atoms with Crippen LogP contribution in [0, 0.1) is 6.92 Å². The Hall–Kier alpha value is -3.98. The van der Waals surface area contributed by atoms with Crippen LogP contribution in [0.3, 0.4) is 0 Å². The molecule has 1 atom stereocenters. The molecule has 0 spiro atoms. The van der Waals surface area contributed by atoms with Crippen LogP contribution < -0.4 is 10.5 Å². The normalized spacial score (nSPS) is 15.7. The highest BCUT2D eigenvalue weighted by molar-refractivity contribution is 7.99. The largest absolute Gasteiger partial charge is 0.487 e. The molecule has 2 aromatic heterocycles. The molecule has 0 fully saturated rings. The lowest BCUT2D eigenvalue weighted by molar-refractivity contribution is 0.0993. The highest BCUT2D eigenvalue weighted by atomic mass is 32.2. The molecule has 198 valence electrons. The maximum Gasteiger partial charge on any atom is 0.174 e. The molecular weight excluding hydrogens is 501 g/mol. The topological polar surface area (TPSA) is 98.0 Å². The number of benzene rings is 1. The third-order valence-electron chi connectivity index (χ3n) is 6.22. The Morgan fingerprint density at radius 1 is 1.37 bits per heavy atom. The first-order valence-corrected chi connectivity index (χ1v) is 13.4. The number of nitrogens with one attached hydrogen (secondary N) is 2. The van der Waals surface area contributed by atoms with E-state index in [2.05, 4.69) is 33.5 Å². The zero-order valence-corrected chi connectivity index (χ0v) is 22.6. The molecule has 0 aliphatic heterocycles. The smallest absolute Gasteiger partial charge is 0.174 e. The van der Waals surface area contributed by atoms with E-state index in [1.807, 2.05) is 38.3 Å². The lowest BCUT2D eigenvalue weighted by Crippen LogP contribution is -2.16. The van der Waals surface area contributed by atoms with E-state index in [1.54, 1.807) is 34.9 Å². The second-order valence-electron chi connectivity index (χ2n) is 9.05. The van der Waals surface area contributed by atoms with Crippen molar-refractivity contribution < 1.29 is 13.9 Å². The summed E-state index contributed by atoms with van der Waals surface area (Å²) in [6.07, 6.45) is 14.4. The maximum absolute atomic E-state index is 13.2. The van der Waals surface area contributed by atoms with Gasteiger partial charge in [0.05, 0.1) is 23.9 Å². The third kappa shape index (κ3) is 6.11. The summed E-state index contributed by atoms with van der Waals surface area (Å²) in [7, 11) is 0. The van der Waals surface area contributed by atoms with Crippen molar-refractivity contribution in [3.63, 3.8) is 0 Å². The van der Waals surface area contributed by atoms with Crippen molar-refractivity contribution >= 4 is 45.8 Å². The van der Waals surface area contributed by atoms with E-state index in [-0.39, 0.29) is 18.3 Å². The van der Waals surface area contributed by atoms with Gasteiger partial charge in [0.25, 0.3) is 0 Å². The fourth-order valence-corrected chi connectivity index (χ4v) is 4.82. The number of aromatic nitrogens is 3. The predicted octanol–water partition coefficient (Wildman–Crippen LogP) is 6.54. The van der Waals surface area contributed by atoms with Crippen molar-refractivity contribution in [3.05, 3.63) is 95.6 Å². The summed E-state index contributed by atoms with van der Waals surface area (Å²) in [5.74, 6) is 0.678. The molecule has 3 aromatic rings. The molecule has 2 heterocycles. The molecule has 0 radical (unpaired) electrons. The number of H-pyrrole nitrogens is 1. The van der Waals surface area contributed by atoms with Crippen LogP contribution in [0.4, 0.5) is 15.9 Å². The van der Waals surface area contributed by atoms with Gasteiger partial charge in [0.15, 0.2) is 5.78 Å². The van der Waals surface area contributed by atoms with E-state index in [9.17, 15) is 9.18 Å². The Labute approximate surface area is 226 Å². The Kier molecular flexibility index (Phi) is 8.58. The summed E-state index contributed by atoms with van der Waals surface area (Å²) >= 11 is 1.54. The molecule has 9 heteroatoms. The first-order chi connectivity index (χ1) is 18.3. The van der Waals surface area contributed by atoms with Crippen LogP contribution in [-0.4, -0.2) is 39.6 Å². The van der Waals surface area contributed by atoms with Crippen LogP contribution in [0.5, 0.6) is 0 Å². The van der Waals surface area contributed by atoms with Crippen molar-refractivity contribution in [1.82, 2.24) is 14.8 Å². The number of anilines is 2. The average molecular weight is 534 g/mol. The SMILES string of the molecule is C=C(/C=C\C=C/CF)OC1C=C(C)C(n2ncc(C(=O)Cc3cc4cc(NSC)c(C)cc4[nH]3)c2N)=CC1. The summed E-state index contributed by atoms with van der Waals surface area (Å²) in [5.41, 5.74) is 12.5. The number of nitrogens with zero attached hydrogens (tertiary/aromatic N) is 2. The van der Waals surface area contributed by atoms with Crippen LogP contribution in [-0.2, 0) is 11.2 Å². The number of nitrogen functional groups attached to an aromatic ring is 1. The number of allylic oxidation sites excluding steroid dienone is 6. The summed E-state index contributed by atoms with van der Waals surface area (Å²) < 4.78 is 22.9. The number of hydrogen-bond donors (Lipinski definition) is 3. The number of fused-ring (bicyclic) bond motifs is 1. The Morgan fingerprint density at radius 3 is 2.92 bits per heavy atom. The molecule has 38 heavy (non-hydrogen) atoms. The lowest BCUT2D eigenvalue weighted by Gasteiger charge is -2.22. The molecule has 7 nitrogen and oxygen atoms in total. The number of aromatic amines is 1. The van der Waals surface area contributed by atoms with Crippen LogP contribution in [0.2, 0.25) is 0 Å². The number of carbonyl (C=O) groups excluding carboxylic acids is 1. The van der Waals surface area contributed by atoms with Gasteiger partial charge in [0.1, 0.15) is 24.4 Å². The highest BCUT2D eigenvalue weighted by Gasteiger charge is 2.22. The Bertz CT molecular complexity index is 1480.